The van der Waals surface area contributed by atoms with Crippen LogP contribution in [-0.4, -0.2) is 11.7 Å². The number of hydrogen-bond acceptors (Lipinski definition) is 3. The Morgan fingerprint density at radius 1 is 1.43 bits per heavy atom. The lowest BCUT2D eigenvalue weighted by molar-refractivity contribution is -0.135. The molecule has 4 heteroatoms. The maximum atomic E-state index is 11.0. The van der Waals surface area contributed by atoms with Gasteiger partial charge in [-0.3, -0.25) is 9.59 Å². The topological polar surface area (TPSA) is 63.6 Å². The van der Waals surface area contributed by atoms with Crippen LogP contribution < -0.4 is 0 Å². The van der Waals surface area contributed by atoms with Gasteiger partial charge in [0.25, 0.3) is 0 Å². The minimum absolute atomic E-state index is 0.124. The summed E-state index contributed by atoms with van der Waals surface area (Å²) < 4.78 is 0. The van der Waals surface area contributed by atoms with Crippen LogP contribution in [0.25, 0.3) is 0 Å². The second kappa shape index (κ2) is 6.65. The van der Waals surface area contributed by atoms with Crippen molar-refractivity contribution < 1.29 is 9.59 Å². The summed E-state index contributed by atoms with van der Waals surface area (Å²) >= 11 is 0. The molecular weight excluding hydrogens is 182 g/mol. The van der Waals surface area contributed by atoms with E-state index in [-0.39, 0.29) is 6.42 Å². The molecule has 0 aromatic rings. The lowest BCUT2D eigenvalue weighted by Crippen LogP contribution is -2.10. The monoisotopic (exact) mass is 193 g/mol. The van der Waals surface area contributed by atoms with E-state index >= 15 is 0 Å². The van der Waals surface area contributed by atoms with E-state index in [0.29, 0.717) is 5.57 Å². The van der Waals surface area contributed by atoms with E-state index in [1.165, 1.54) is 6.08 Å². The van der Waals surface area contributed by atoms with E-state index in [4.69, 9.17) is 0 Å². The normalized spacial score (nSPS) is 11.4. The molecule has 0 unspecified atom stereocenters. The van der Waals surface area contributed by atoms with Crippen LogP contribution >= 0.6 is 0 Å². The molecule has 0 aliphatic heterocycles. The molecule has 0 aromatic carbocycles. The number of allylic oxidation sites excluding steroid dienone is 5. The van der Waals surface area contributed by atoms with Crippen molar-refractivity contribution in [2.24, 2.45) is 5.18 Å². The van der Waals surface area contributed by atoms with Gasteiger partial charge in [0.15, 0.2) is 0 Å². The van der Waals surface area contributed by atoms with Crippen molar-refractivity contribution in [3.8, 4) is 0 Å². The molecule has 0 radical (unpaired) electrons. The number of rotatable bonds is 5. The van der Waals surface area contributed by atoms with Crippen molar-refractivity contribution in [3.63, 3.8) is 0 Å². The molecule has 1 amide bonds. The molecule has 0 bridgehead atoms. The Morgan fingerprint density at radius 3 is 2.50 bits per heavy atom. The number of hydrogen-bond donors (Lipinski definition) is 0. The molecule has 0 N–H and O–H groups in total. The predicted molar refractivity (Wildman–Crippen MR) is 53.5 cm³/mol. The summed E-state index contributed by atoms with van der Waals surface area (Å²) in [4.78, 5) is 31.3. The summed E-state index contributed by atoms with van der Waals surface area (Å²) in [6, 6.07) is 0. The highest BCUT2D eigenvalue weighted by Gasteiger charge is 2.14. The van der Waals surface area contributed by atoms with Crippen molar-refractivity contribution in [1.29, 1.82) is 0 Å². The lowest BCUT2D eigenvalue weighted by Gasteiger charge is -1.95. The van der Waals surface area contributed by atoms with Crippen LogP contribution in [0.1, 0.15) is 13.3 Å². The Balaban J connectivity index is 4.53. The van der Waals surface area contributed by atoms with Gasteiger partial charge in [-0.25, -0.2) is 0 Å². The number of nitroso groups, excluding NO2 is 1. The third-order valence-corrected chi connectivity index (χ3v) is 1.40. The smallest absolute Gasteiger partial charge is 0.288 e. The van der Waals surface area contributed by atoms with Crippen molar-refractivity contribution in [2.75, 3.05) is 0 Å². The predicted octanol–water partition coefficient (Wildman–Crippen LogP) is 1.93. The zero-order chi connectivity index (χ0) is 11.0. The first kappa shape index (κ1) is 12.2. The summed E-state index contributed by atoms with van der Waals surface area (Å²) in [5, 5.41) is 2.05. The molecule has 0 atom stereocenters. The molecule has 0 fully saturated rings. The minimum Gasteiger partial charge on any atom is -0.288 e. The number of ketones is 1. The Kier molecular flexibility index (Phi) is 5.78. The van der Waals surface area contributed by atoms with Gasteiger partial charge in [0.1, 0.15) is 0 Å². The zero-order valence-corrected chi connectivity index (χ0v) is 7.90. The van der Waals surface area contributed by atoms with Crippen molar-refractivity contribution in [3.05, 3.63) is 41.4 Å². The summed E-state index contributed by atoms with van der Waals surface area (Å²) in [6.07, 6.45) is 6.36. The molecule has 14 heavy (non-hydrogen) atoms. The van der Waals surface area contributed by atoms with Crippen LogP contribution in [0, 0.1) is 4.91 Å². The third-order valence-electron chi connectivity index (χ3n) is 1.40. The number of nitrogens with zero attached hydrogens (tertiary/aromatic N) is 1. The van der Waals surface area contributed by atoms with E-state index in [2.05, 4.69) is 6.58 Å². The van der Waals surface area contributed by atoms with Gasteiger partial charge in [-0.05, 0) is 12.5 Å². The zero-order valence-electron chi connectivity index (χ0n) is 7.90. The highest BCUT2D eigenvalue weighted by atomic mass is 16.3. The molecule has 0 heterocycles. The number of amides is 1. The molecule has 0 spiro atoms. The van der Waals surface area contributed by atoms with Crippen LogP contribution in [0.4, 0.5) is 0 Å². The van der Waals surface area contributed by atoms with Gasteiger partial charge in [0, 0.05) is 11.6 Å². The molecule has 0 saturated carbocycles. The Bertz CT molecular complexity index is 313. The fourth-order valence-electron chi connectivity index (χ4n) is 0.851. The quantitative estimate of drug-likeness (QED) is 0.380. The maximum absolute atomic E-state index is 11.0. The summed E-state index contributed by atoms with van der Waals surface area (Å²) in [7, 11) is 0. The van der Waals surface area contributed by atoms with E-state index in [1.54, 1.807) is 25.2 Å². The summed E-state index contributed by atoms with van der Waals surface area (Å²) in [5.41, 5.74) is 0.615. The molecule has 0 aliphatic carbocycles. The Labute approximate surface area is 82.0 Å². The fraction of sp³-hybridized carbons (Fsp3) is 0.200. The molecule has 0 rings (SSSR count). The summed E-state index contributed by atoms with van der Waals surface area (Å²) in [6.45, 7) is 5.24. The standard InChI is InChI=1S/C10H11NO3/c1-3-5-8(6-4-2)7-9(12)10(13)11-14/h3-6H,1,7H2,2H3/b6-4-,8-5+. The second-order valence-electron chi connectivity index (χ2n) is 2.47. The fourth-order valence-corrected chi connectivity index (χ4v) is 0.851. The van der Waals surface area contributed by atoms with Gasteiger partial charge in [-0.2, -0.15) is 0 Å². The van der Waals surface area contributed by atoms with E-state index in [0.717, 1.165) is 0 Å². The first-order chi connectivity index (χ1) is 6.65. The average Bonchev–Trinajstić information content (AvgIpc) is 2.17. The van der Waals surface area contributed by atoms with Crippen molar-refractivity contribution in [1.82, 2.24) is 0 Å². The SMILES string of the molecule is C=C/C=C(\C=C/C)CC(=O)C(=O)N=O. The first-order valence-corrected chi connectivity index (χ1v) is 4.00. The largest absolute Gasteiger partial charge is 0.352 e. The molecule has 74 valence electrons. The molecule has 4 nitrogen and oxygen atoms in total. The number of Topliss-reactive ketones (excluding diaryl/α,β-unsaturated/α-hetero) is 1. The average molecular weight is 193 g/mol. The number of carbonyl (C=O) groups excluding carboxylic acids is 2. The lowest BCUT2D eigenvalue weighted by atomic mass is 10.1. The van der Waals surface area contributed by atoms with Crippen LogP contribution in [0.2, 0.25) is 0 Å². The van der Waals surface area contributed by atoms with Gasteiger partial charge in [0.05, 0.1) is 0 Å². The van der Waals surface area contributed by atoms with Crippen LogP contribution in [-0.2, 0) is 9.59 Å². The molecule has 0 saturated heterocycles. The number of carbonyl (C=O) groups is 2. The maximum Gasteiger partial charge on any atom is 0.352 e. The van der Waals surface area contributed by atoms with Crippen LogP contribution in [0.15, 0.2) is 41.6 Å². The van der Waals surface area contributed by atoms with Gasteiger partial charge in [-0.1, -0.05) is 30.9 Å². The molecule has 0 aromatic heterocycles. The van der Waals surface area contributed by atoms with Gasteiger partial charge in [-0.15, -0.1) is 4.91 Å². The van der Waals surface area contributed by atoms with E-state index in [1.807, 2.05) is 5.18 Å². The van der Waals surface area contributed by atoms with Crippen molar-refractivity contribution in [2.45, 2.75) is 13.3 Å². The Morgan fingerprint density at radius 2 is 2.07 bits per heavy atom. The molecule has 0 aliphatic rings. The van der Waals surface area contributed by atoms with Crippen LogP contribution in [0.3, 0.4) is 0 Å². The van der Waals surface area contributed by atoms with Gasteiger partial charge >= 0.3 is 5.91 Å². The highest BCUT2D eigenvalue weighted by Crippen LogP contribution is 2.05. The minimum atomic E-state index is -1.25. The van der Waals surface area contributed by atoms with Gasteiger partial charge in [0.2, 0.25) is 5.78 Å². The second-order valence-corrected chi connectivity index (χ2v) is 2.47. The first-order valence-electron chi connectivity index (χ1n) is 4.00. The highest BCUT2D eigenvalue weighted by molar-refractivity contribution is 6.37. The van der Waals surface area contributed by atoms with Crippen LogP contribution in [0.5, 0.6) is 0 Å². The summed E-state index contributed by atoms with van der Waals surface area (Å²) in [5.74, 6) is -2.06. The van der Waals surface area contributed by atoms with E-state index < -0.39 is 11.7 Å². The van der Waals surface area contributed by atoms with Gasteiger partial charge < -0.3 is 0 Å². The van der Waals surface area contributed by atoms with Crippen molar-refractivity contribution >= 4 is 11.7 Å². The third kappa shape index (κ3) is 4.25. The Hall–Kier alpha value is -1.84. The molecular formula is C10H11NO3. The van der Waals surface area contributed by atoms with E-state index in [9.17, 15) is 14.5 Å².